The summed E-state index contributed by atoms with van der Waals surface area (Å²) in [4.78, 5) is 19.1. The number of H-pyrrole nitrogens is 1. The molecule has 0 bridgehead atoms. The molecule has 0 aliphatic carbocycles. The summed E-state index contributed by atoms with van der Waals surface area (Å²) < 4.78 is 0. The maximum atomic E-state index is 12.1. The fraction of sp³-hybridized carbons (Fsp3) is 0.375. The summed E-state index contributed by atoms with van der Waals surface area (Å²) in [6.07, 6.45) is 6.46. The molecule has 1 aromatic heterocycles. The molecule has 1 atom stereocenters. The minimum absolute atomic E-state index is 0.0545. The Morgan fingerprint density at radius 1 is 1.33 bits per heavy atom. The first kappa shape index (κ1) is 15.6. The largest absolute Gasteiger partial charge is 0.356 e. The first-order chi connectivity index (χ1) is 10.2. The predicted molar refractivity (Wildman–Crippen MR) is 84.4 cm³/mol. The summed E-state index contributed by atoms with van der Waals surface area (Å²) in [5.41, 5.74) is 2.12. The number of rotatable bonds is 7. The highest BCUT2D eigenvalue weighted by Gasteiger charge is 2.14. The summed E-state index contributed by atoms with van der Waals surface area (Å²) in [6.45, 7) is 2.61. The van der Waals surface area contributed by atoms with Gasteiger partial charge >= 0.3 is 0 Å². The van der Waals surface area contributed by atoms with E-state index in [1.54, 1.807) is 6.33 Å². The smallest absolute Gasteiger partial charge is 0.227 e. The zero-order valence-corrected chi connectivity index (χ0v) is 12.9. The van der Waals surface area contributed by atoms with Crippen LogP contribution >= 0.6 is 11.6 Å². The number of amides is 1. The number of carbonyl (C=O) groups is 1. The van der Waals surface area contributed by atoms with Gasteiger partial charge < -0.3 is 10.3 Å². The van der Waals surface area contributed by atoms with Crippen molar-refractivity contribution in [2.24, 2.45) is 0 Å². The first-order valence-corrected chi connectivity index (χ1v) is 7.55. The zero-order chi connectivity index (χ0) is 15.1. The fourth-order valence-electron chi connectivity index (χ4n) is 2.13. The second-order valence-corrected chi connectivity index (χ2v) is 5.53. The molecule has 0 saturated carbocycles. The molecule has 2 rings (SSSR count). The van der Waals surface area contributed by atoms with Crippen LogP contribution in [0.1, 0.15) is 36.9 Å². The van der Waals surface area contributed by atoms with E-state index in [1.807, 2.05) is 37.4 Å². The van der Waals surface area contributed by atoms with E-state index in [1.165, 1.54) is 0 Å². The van der Waals surface area contributed by atoms with Crippen molar-refractivity contribution < 1.29 is 4.79 Å². The van der Waals surface area contributed by atoms with Gasteiger partial charge in [0.25, 0.3) is 0 Å². The van der Waals surface area contributed by atoms with Crippen LogP contribution in [0.25, 0.3) is 0 Å². The van der Waals surface area contributed by atoms with E-state index in [4.69, 9.17) is 11.6 Å². The number of nitrogens with zero attached hydrogens (tertiary/aromatic N) is 1. The number of aryl methyl sites for hydroxylation is 1. The van der Waals surface area contributed by atoms with E-state index in [-0.39, 0.29) is 11.8 Å². The van der Waals surface area contributed by atoms with Gasteiger partial charge in [0.15, 0.2) is 0 Å². The minimum atomic E-state index is -0.158. The Morgan fingerprint density at radius 3 is 2.76 bits per heavy atom. The SMILES string of the molecule is CC(C(=O)NCCCCc1cnc[nH]1)c1ccc(Cl)cc1. The molecule has 0 aliphatic rings. The summed E-state index contributed by atoms with van der Waals surface area (Å²) >= 11 is 5.85. The third kappa shape index (κ3) is 4.90. The Morgan fingerprint density at radius 2 is 2.10 bits per heavy atom. The van der Waals surface area contributed by atoms with Crippen molar-refractivity contribution in [3.05, 3.63) is 53.1 Å². The molecule has 0 saturated heterocycles. The highest BCUT2D eigenvalue weighted by Crippen LogP contribution is 2.18. The van der Waals surface area contributed by atoms with Crippen LogP contribution in [-0.2, 0) is 11.2 Å². The number of benzene rings is 1. The molecule has 0 aliphatic heterocycles. The van der Waals surface area contributed by atoms with Crippen molar-refractivity contribution in [1.29, 1.82) is 0 Å². The second kappa shape index (κ2) is 7.84. The molecule has 21 heavy (non-hydrogen) atoms. The molecule has 4 nitrogen and oxygen atoms in total. The molecular formula is C16H20ClN3O. The van der Waals surface area contributed by atoms with Crippen molar-refractivity contribution >= 4 is 17.5 Å². The molecular weight excluding hydrogens is 286 g/mol. The predicted octanol–water partition coefficient (Wildman–Crippen LogP) is 3.31. The minimum Gasteiger partial charge on any atom is -0.356 e. The van der Waals surface area contributed by atoms with Gasteiger partial charge in [0.05, 0.1) is 12.2 Å². The third-order valence-corrected chi connectivity index (χ3v) is 3.74. The number of nitrogens with one attached hydrogen (secondary N) is 2. The standard InChI is InChI=1S/C16H20ClN3O/c1-12(13-5-7-14(17)8-6-13)16(21)19-9-3-2-4-15-10-18-11-20-15/h5-8,10-12H,2-4,9H2,1H3,(H,18,20)(H,19,21). The topological polar surface area (TPSA) is 57.8 Å². The molecule has 1 unspecified atom stereocenters. The Bertz CT molecular complexity index is 551. The van der Waals surface area contributed by atoms with Crippen molar-refractivity contribution in [3.63, 3.8) is 0 Å². The van der Waals surface area contributed by atoms with Gasteiger partial charge in [0.2, 0.25) is 5.91 Å². The Balaban J connectivity index is 1.68. The van der Waals surface area contributed by atoms with Crippen LogP contribution in [0.15, 0.2) is 36.8 Å². The van der Waals surface area contributed by atoms with Gasteiger partial charge in [-0.3, -0.25) is 4.79 Å². The second-order valence-electron chi connectivity index (χ2n) is 5.10. The number of aromatic nitrogens is 2. The number of carbonyl (C=O) groups excluding carboxylic acids is 1. The van der Waals surface area contributed by atoms with Crippen LogP contribution in [0.4, 0.5) is 0 Å². The van der Waals surface area contributed by atoms with E-state index in [2.05, 4.69) is 15.3 Å². The Labute approximate surface area is 129 Å². The zero-order valence-electron chi connectivity index (χ0n) is 12.1. The summed E-state index contributed by atoms with van der Waals surface area (Å²) in [6, 6.07) is 7.41. The molecule has 112 valence electrons. The van der Waals surface area contributed by atoms with Crippen LogP contribution in [0.5, 0.6) is 0 Å². The molecule has 1 heterocycles. The van der Waals surface area contributed by atoms with E-state index in [0.717, 1.165) is 30.5 Å². The van der Waals surface area contributed by atoms with Gasteiger partial charge in [0.1, 0.15) is 0 Å². The average molecular weight is 306 g/mol. The van der Waals surface area contributed by atoms with Gasteiger partial charge in [-0.05, 0) is 43.9 Å². The number of halogens is 1. The Hall–Kier alpha value is -1.81. The van der Waals surface area contributed by atoms with Gasteiger partial charge in [0, 0.05) is 23.5 Å². The molecule has 5 heteroatoms. The van der Waals surface area contributed by atoms with E-state index in [9.17, 15) is 4.79 Å². The lowest BCUT2D eigenvalue weighted by molar-refractivity contribution is -0.122. The summed E-state index contributed by atoms with van der Waals surface area (Å²) in [7, 11) is 0. The third-order valence-electron chi connectivity index (χ3n) is 3.49. The molecule has 2 N–H and O–H groups in total. The maximum absolute atomic E-state index is 12.1. The number of imidazole rings is 1. The number of hydrogen-bond donors (Lipinski definition) is 2. The molecule has 1 aromatic carbocycles. The van der Waals surface area contributed by atoms with E-state index in [0.29, 0.717) is 11.6 Å². The highest BCUT2D eigenvalue weighted by atomic mass is 35.5. The fourth-order valence-corrected chi connectivity index (χ4v) is 2.26. The maximum Gasteiger partial charge on any atom is 0.227 e. The number of aromatic amines is 1. The van der Waals surface area contributed by atoms with Crippen LogP contribution in [0, 0.1) is 0 Å². The van der Waals surface area contributed by atoms with Crippen LogP contribution < -0.4 is 5.32 Å². The van der Waals surface area contributed by atoms with Gasteiger partial charge in [-0.2, -0.15) is 0 Å². The van der Waals surface area contributed by atoms with Crippen molar-refractivity contribution in [3.8, 4) is 0 Å². The van der Waals surface area contributed by atoms with Gasteiger partial charge in [-0.25, -0.2) is 4.98 Å². The lowest BCUT2D eigenvalue weighted by Gasteiger charge is -2.12. The number of hydrogen-bond acceptors (Lipinski definition) is 2. The Kier molecular flexibility index (Phi) is 5.81. The highest BCUT2D eigenvalue weighted by molar-refractivity contribution is 6.30. The van der Waals surface area contributed by atoms with Crippen LogP contribution in [0.3, 0.4) is 0 Å². The van der Waals surface area contributed by atoms with Gasteiger partial charge in [-0.1, -0.05) is 23.7 Å². The summed E-state index contributed by atoms with van der Waals surface area (Å²) in [5.74, 6) is -0.103. The lowest BCUT2D eigenvalue weighted by atomic mass is 10.0. The van der Waals surface area contributed by atoms with Crippen LogP contribution in [-0.4, -0.2) is 22.4 Å². The van der Waals surface area contributed by atoms with Crippen LogP contribution in [0.2, 0.25) is 5.02 Å². The van der Waals surface area contributed by atoms with E-state index >= 15 is 0 Å². The molecule has 0 fully saturated rings. The van der Waals surface area contributed by atoms with Crippen molar-refractivity contribution in [1.82, 2.24) is 15.3 Å². The average Bonchev–Trinajstić information content (AvgIpc) is 3.00. The molecule has 0 radical (unpaired) electrons. The van der Waals surface area contributed by atoms with Crippen molar-refractivity contribution in [2.75, 3.05) is 6.54 Å². The first-order valence-electron chi connectivity index (χ1n) is 7.17. The molecule has 0 spiro atoms. The number of unbranched alkanes of at least 4 members (excludes halogenated alkanes) is 1. The van der Waals surface area contributed by atoms with Crippen molar-refractivity contribution in [2.45, 2.75) is 32.1 Å². The normalized spacial score (nSPS) is 12.1. The molecule has 2 aromatic rings. The lowest BCUT2D eigenvalue weighted by Crippen LogP contribution is -2.28. The van der Waals surface area contributed by atoms with Gasteiger partial charge in [-0.15, -0.1) is 0 Å². The van der Waals surface area contributed by atoms with E-state index < -0.39 is 0 Å². The monoisotopic (exact) mass is 305 g/mol. The summed E-state index contributed by atoms with van der Waals surface area (Å²) in [5, 5.41) is 3.66. The molecule has 1 amide bonds. The quantitative estimate of drug-likeness (QED) is 0.771.